The second kappa shape index (κ2) is 6.14. The zero-order valence-electron chi connectivity index (χ0n) is 10.9. The van der Waals surface area contributed by atoms with Crippen LogP contribution in [-0.4, -0.2) is 42.5 Å². The molecule has 0 aliphatic carbocycles. The van der Waals surface area contributed by atoms with Gasteiger partial charge in [0.1, 0.15) is 5.75 Å². The molecule has 1 heterocycles. The molecule has 1 aliphatic heterocycles. The molecule has 1 amide bonds. The average Bonchev–Trinajstić information content (AvgIpc) is 2.88. The summed E-state index contributed by atoms with van der Waals surface area (Å²) in [6.07, 6.45) is 3.70. The fraction of sp³-hybridized carbons (Fsp3) is 0.500. The highest BCUT2D eigenvalue weighted by molar-refractivity contribution is 7.99. The van der Waals surface area contributed by atoms with E-state index in [1.54, 1.807) is 7.11 Å². The van der Waals surface area contributed by atoms with E-state index < -0.39 is 0 Å². The molecule has 1 aromatic carbocycles. The van der Waals surface area contributed by atoms with Crippen LogP contribution >= 0.6 is 11.8 Å². The van der Waals surface area contributed by atoms with E-state index in [4.69, 9.17) is 4.74 Å². The number of likely N-dealkylation sites (tertiary alicyclic amines) is 1. The van der Waals surface area contributed by atoms with E-state index in [-0.39, 0.29) is 5.91 Å². The van der Waals surface area contributed by atoms with E-state index >= 15 is 0 Å². The van der Waals surface area contributed by atoms with Crippen LogP contribution in [0.2, 0.25) is 0 Å². The molecule has 0 radical (unpaired) electrons. The predicted molar refractivity (Wildman–Crippen MR) is 75.2 cm³/mol. The minimum atomic E-state index is 0.222. The van der Waals surface area contributed by atoms with Crippen molar-refractivity contribution in [3.05, 3.63) is 29.8 Å². The van der Waals surface area contributed by atoms with E-state index in [0.717, 1.165) is 30.8 Å². The quantitative estimate of drug-likeness (QED) is 0.836. The SMILES string of the molecule is COc1cccc(CC(=O)N2CCC(SC)C2)c1. The van der Waals surface area contributed by atoms with Crippen molar-refractivity contribution in [3.63, 3.8) is 0 Å². The number of thioether (sulfide) groups is 1. The summed E-state index contributed by atoms with van der Waals surface area (Å²) in [6, 6.07) is 7.73. The standard InChI is InChI=1S/C14H19NO2S/c1-17-12-5-3-4-11(8-12)9-14(16)15-7-6-13(10-15)18-2/h3-5,8,13H,6-7,9-10H2,1-2H3. The van der Waals surface area contributed by atoms with Crippen LogP contribution in [0.5, 0.6) is 5.75 Å². The smallest absolute Gasteiger partial charge is 0.227 e. The molecule has 1 aromatic rings. The maximum Gasteiger partial charge on any atom is 0.227 e. The Balaban J connectivity index is 1.94. The molecule has 2 rings (SSSR count). The van der Waals surface area contributed by atoms with Crippen LogP contribution < -0.4 is 4.74 Å². The Labute approximate surface area is 113 Å². The number of hydrogen-bond donors (Lipinski definition) is 0. The lowest BCUT2D eigenvalue weighted by molar-refractivity contribution is -0.129. The summed E-state index contributed by atoms with van der Waals surface area (Å²) < 4.78 is 5.17. The fourth-order valence-corrected chi connectivity index (χ4v) is 2.89. The van der Waals surface area contributed by atoms with Crippen LogP contribution in [0.1, 0.15) is 12.0 Å². The molecule has 3 nitrogen and oxygen atoms in total. The Kier molecular flexibility index (Phi) is 4.53. The van der Waals surface area contributed by atoms with Crippen LogP contribution in [0.4, 0.5) is 0 Å². The van der Waals surface area contributed by atoms with Crippen molar-refractivity contribution in [3.8, 4) is 5.75 Å². The predicted octanol–water partition coefficient (Wildman–Crippen LogP) is 2.20. The first kappa shape index (κ1) is 13.3. The Morgan fingerprint density at radius 3 is 3.06 bits per heavy atom. The number of methoxy groups -OCH3 is 1. The zero-order valence-corrected chi connectivity index (χ0v) is 11.7. The van der Waals surface area contributed by atoms with Crippen molar-refractivity contribution in [2.75, 3.05) is 26.5 Å². The Morgan fingerprint density at radius 2 is 2.39 bits per heavy atom. The molecule has 0 saturated carbocycles. The summed E-state index contributed by atoms with van der Waals surface area (Å²) in [5, 5.41) is 0.610. The molecule has 0 N–H and O–H groups in total. The summed E-state index contributed by atoms with van der Waals surface area (Å²) >= 11 is 1.85. The van der Waals surface area contributed by atoms with Gasteiger partial charge in [0, 0.05) is 18.3 Å². The summed E-state index contributed by atoms with van der Waals surface area (Å²) in [5.74, 6) is 1.03. The van der Waals surface area contributed by atoms with Gasteiger partial charge in [-0.1, -0.05) is 12.1 Å². The number of carbonyl (C=O) groups excluding carboxylic acids is 1. The van der Waals surface area contributed by atoms with Gasteiger partial charge in [0.05, 0.1) is 13.5 Å². The Morgan fingerprint density at radius 1 is 1.56 bits per heavy atom. The number of ether oxygens (including phenoxy) is 1. The molecular weight excluding hydrogens is 246 g/mol. The highest BCUT2D eigenvalue weighted by Crippen LogP contribution is 2.21. The third-order valence-electron chi connectivity index (χ3n) is 3.32. The molecular formula is C14H19NO2S. The van der Waals surface area contributed by atoms with Crippen molar-refractivity contribution in [2.45, 2.75) is 18.1 Å². The molecule has 0 spiro atoms. The lowest BCUT2D eigenvalue weighted by Gasteiger charge is -2.16. The van der Waals surface area contributed by atoms with Crippen molar-refractivity contribution < 1.29 is 9.53 Å². The molecule has 1 saturated heterocycles. The van der Waals surface area contributed by atoms with Gasteiger partial charge in [-0.2, -0.15) is 11.8 Å². The monoisotopic (exact) mass is 265 g/mol. The molecule has 0 aromatic heterocycles. The van der Waals surface area contributed by atoms with E-state index in [0.29, 0.717) is 11.7 Å². The Bertz CT molecular complexity index is 422. The number of benzene rings is 1. The molecule has 1 atom stereocenters. The zero-order chi connectivity index (χ0) is 13.0. The van der Waals surface area contributed by atoms with E-state index in [2.05, 4.69) is 6.26 Å². The normalized spacial score (nSPS) is 19.0. The minimum Gasteiger partial charge on any atom is -0.497 e. The topological polar surface area (TPSA) is 29.5 Å². The first-order chi connectivity index (χ1) is 8.72. The van der Waals surface area contributed by atoms with Gasteiger partial charge in [-0.05, 0) is 30.4 Å². The van der Waals surface area contributed by atoms with Gasteiger partial charge in [-0.15, -0.1) is 0 Å². The van der Waals surface area contributed by atoms with Gasteiger partial charge < -0.3 is 9.64 Å². The highest BCUT2D eigenvalue weighted by atomic mass is 32.2. The van der Waals surface area contributed by atoms with Crippen LogP contribution in [-0.2, 0) is 11.2 Å². The molecule has 98 valence electrons. The fourth-order valence-electron chi connectivity index (χ4n) is 2.22. The number of nitrogens with zero attached hydrogens (tertiary/aromatic N) is 1. The van der Waals surface area contributed by atoms with E-state index in [9.17, 15) is 4.79 Å². The molecule has 1 unspecified atom stereocenters. The second-order valence-corrected chi connectivity index (χ2v) is 5.65. The van der Waals surface area contributed by atoms with Crippen molar-refractivity contribution in [2.24, 2.45) is 0 Å². The van der Waals surface area contributed by atoms with Crippen LogP contribution in [0.3, 0.4) is 0 Å². The third-order valence-corrected chi connectivity index (χ3v) is 4.37. The van der Waals surface area contributed by atoms with Gasteiger partial charge in [0.2, 0.25) is 5.91 Å². The summed E-state index contributed by atoms with van der Waals surface area (Å²) in [6.45, 7) is 1.79. The maximum absolute atomic E-state index is 12.2. The third kappa shape index (κ3) is 3.19. The largest absolute Gasteiger partial charge is 0.497 e. The highest BCUT2D eigenvalue weighted by Gasteiger charge is 2.25. The number of rotatable bonds is 4. The van der Waals surface area contributed by atoms with Gasteiger partial charge >= 0.3 is 0 Å². The number of carbonyl (C=O) groups is 1. The van der Waals surface area contributed by atoms with E-state index in [1.807, 2.05) is 40.9 Å². The first-order valence-corrected chi connectivity index (χ1v) is 7.45. The van der Waals surface area contributed by atoms with E-state index in [1.165, 1.54) is 0 Å². The minimum absolute atomic E-state index is 0.222. The first-order valence-electron chi connectivity index (χ1n) is 6.16. The van der Waals surface area contributed by atoms with Gasteiger partial charge in [-0.25, -0.2) is 0 Å². The second-order valence-electron chi connectivity index (χ2n) is 4.51. The van der Waals surface area contributed by atoms with Gasteiger partial charge in [0.15, 0.2) is 0 Å². The molecule has 1 aliphatic rings. The van der Waals surface area contributed by atoms with Crippen LogP contribution in [0.15, 0.2) is 24.3 Å². The molecule has 18 heavy (non-hydrogen) atoms. The van der Waals surface area contributed by atoms with Crippen LogP contribution in [0.25, 0.3) is 0 Å². The average molecular weight is 265 g/mol. The van der Waals surface area contributed by atoms with Crippen molar-refractivity contribution >= 4 is 17.7 Å². The summed E-state index contributed by atoms with van der Waals surface area (Å²) in [7, 11) is 1.64. The van der Waals surface area contributed by atoms with Crippen molar-refractivity contribution in [1.82, 2.24) is 4.90 Å². The molecule has 1 fully saturated rings. The lowest BCUT2D eigenvalue weighted by Crippen LogP contribution is -2.30. The van der Waals surface area contributed by atoms with Gasteiger partial charge in [0.25, 0.3) is 0 Å². The maximum atomic E-state index is 12.2. The van der Waals surface area contributed by atoms with Crippen molar-refractivity contribution in [1.29, 1.82) is 0 Å². The Hall–Kier alpha value is -1.16. The summed E-state index contributed by atoms with van der Waals surface area (Å²) in [4.78, 5) is 14.1. The number of amides is 1. The van der Waals surface area contributed by atoms with Crippen LogP contribution in [0, 0.1) is 0 Å². The molecule has 4 heteroatoms. The lowest BCUT2D eigenvalue weighted by atomic mass is 10.1. The molecule has 0 bridgehead atoms. The number of hydrogen-bond acceptors (Lipinski definition) is 3. The van der Waals surface area contributed by atoms with Gasteiger partial charge in [-0.3, -0.25) is 4.79 Å². The summed E-state index contributed by atoms with van der Waals surface area (Å²) in [5.41, 5.74) is 1.02.